The van der Waals surface area contributed by atoms with Gasteiger partial charge in [0.15, 0.2) is 0 Å². The maximum absolute atomic E-state index is 12.5. The van der Waals surface area contributed by atoms with Gasteiger partial charge in [-0.2, -0.15) is 0 Å². The molecule has 1 aliphatic heterocycles. The largest absolute Gasteiger partial charge is 0.349 e. The molecule has 0 aromatic heterocycles. The minimum atomic E-state index is 0.0289. The summed E-state index contributed by atoms with van der Waals surface area (Å²) in [4.78, 5) is 12.5. The minimum Gasteiger partial charge on any atom is -0.349 e. The lowest BCUT2D eigenvalue weighted by atomic mass is 9.99. The summed E-state index contributed by atoms with van der Waals surface area (Å²) in [5.41, 5.74) is 0.765. The van der Waals surface area contributed by atoms with Crippen molar-refractivity contribution in [1.82, 2.24) is 10.6 Å². The Bertz CT molecular complexity index is 612. The average molecular weight is 268 g/mol. The van der Waals surface area contributed by atoms with Crippen molar-refractivity contribution in [3.8, 4) is 0 Å². The van der Waals surface area contributed by atoms with E-state index in [-0.39, 0.29) is 11.9 Å². The third-order valence-corrected chi connectivity index (χ3v) is 4.20. The van der Waals surface area contributed by atoms with Crippen LogP contribution in [0.4, 0.5) is 0 Å². The van der Waals surface area contributed by atoms with Crippen LogP contribution in [0, 0.1) is 5.92 Å². The van der Waals surface area contributed by atoms with Crippen molar-refractivity contribution in [2.45, 2.75) is 19.4 Å². The fraction of sp³-hybridized carbons (Fsp3) is 0.353. The maximum atomic E-state index is 12.5. The molecular weight excluding hydrogens is 248 g/mol. The van der Waals surface area contributed by atoms with Gasteiger partial charge < -0.3 is 10.6 Å². The lowest BCUT2D eigenvalue weighted by Gasteiger charge is -2.20. The summed E-state index contributed by atoms with van der Waals surface area (Å²) in [5, 5.41) is 8.62. The fourth-order valence-corrected chi connectivity index (χ4v) is 2.93. The number of fused-ring (bicyclic) bond motifs is 1. The molecule has 2 aromatic carbocycles. The fourth-order valence-electron chi connectivity index (χ4n) is 2.93. The zero-order valence-electron chi connectivity index (χ0n) is 11.7. The third-order valence-electron chi connectivity index (χ3n) is 4.20. The van der Waals surface area contributed by atoms with Crippen molar-refractivity contribution in [3.05, 3.63) is 48.0 Å². The smallest absolute Gasteiger partial charge is 0.252 e. The Morgan fingerprint density at radius 3 is 2.85 bits per heavy atom. The average Bonchev–Trinajstić information content (AvgIpc) is 3.01. The van der Waals surface area contributed by atoms with Gasteiger partial charge in [0.25, 0.3) is 5.91 Å². The summed E-state index contributed by atoms with van der Waals surface area (Å²) in [6, 6.07) is 14.1. The van der Waals surface area contributed by atoms with Crippen LogP contribution in [0.1, 0.15) is 23.7 Å². The molecule has 20 heavy (non-hydrogen) atoms. The quantitative estimate of drug-likeness (QED) is 0.898. The molecule has 2 unspecified atom stereocenters. The minimum absolute atomic E-state index is 0.0289. The van der Waals surface area contributed by atoms with E-state index in [2.05, 4.69) is 17.6 Å². The number of hydrogen-bond acceptors (Lipinski definition) is 2. The highest BCUT2D eigenvalue weighted by Crippen LogP contribution is 2.19. The number of hydrogen-bond donors (Lipinski definition) is 2. The predicted molar refractivity (Wildman–Crippen MR) is 81.9 cm³/mol. The molecule has 2 aromatic rings. The lowest BCUT2D eigenvalue weighted by molar-refractivity contribution is 0.0930. The van der Waals surface area contributed by atoms with Gasteiger partial charge in [0.05, 0.1) is 0 Å². The molecule has 1 amide bonds. The standard InChI is InChI=1S/C17H20N2O/c1-12(14-9-10-18-11-14)19-17(20)16-8-4-6-13-5-2-3-7-15(13)16/h2-8,12,14,18H,9-11H2,1H3,(H,19,20). The van der Waals surface area contributed by atoms with E-state index in [1.807, 2.05) is 42.5 Å². The second-order valence-corrected chi connectivity index (χ2v) is 5.54. The van der Waals surface area contributed by atoms with E-state index in [1.54, 1.807) is 0 Å². The van der Waals surface area contributed by atoms with Gasteiger partial charge in [0, 0.05) is 11.6 Å². The second kappa shape index (κ2) is 5.63. The van der Waals surface area contributed by atoms with Crippen molar-refractivity contribution in [1.29, 1.82) is 0 Å². The number of rotatable bonds is 3. The number of benzene rings is 2. The molecule has 2 N–H and O–H groups in total. The molecular formula is C17H20N2O. The highest BCUT2D eigenvalue weighted by atomic mass is 16.1. The first kappa shape index (κ1) is 13.1. The third kappa shape index (κ3) is 2.54. The Morgan fingerprint density at radius 2 is 2.05 bits per heavy atom. The Kier molecular flexibility index (Phi) is 3.70. The first-order valence-electron chi connectivity index (χ1n) is 7.25. The van der Waals surface area contributed by atoms with Crippen LogP contribution in [-0.2, 0) is 0 Å². The summed E-state index contributed by atoms with van der Waals surface area (Å²) in [6.45, 7) is 4.15. The zero-order chi connectivity index (χ0) is 13.9. The van der Waals surface area contributed by atoms with E-state index in [1.165, 1.54) is 0 Å². The van der Waals surface area contributed by atoms with Crippen LogP contribution >= 0.6 is 0 Å². The van der Waals surface area contributed by atoms with Crippen LogP contribution in [0.5, 0.6) is 0 Å². The summed E-state index contributed by atoms with van der Waals surface area (Å²) in [7, 11) is 0. The summed E-state index contributed by atoms with van der Waals surface area (Å²) in [6.07, 6.45) is 1.14. The van der Waals surface area contributed by atoms with Gasteiger partial charge in [-0.3, -0.25) is 4.79 Å². The monoisotopic (exact) mass is 268 g/mol. The van der Waals surface area contributed by atoms with Crippen molar-refractivity contribution >= 4 is 16.7 Å². The van der Waals surface area contributed by atoms with Crippen LogP contribution in [-0.4, -0.2) is 25.0 Å². The molecule has 104 valence electrons. The van der Waals surface area contributed by atoms with Gasteiger partial charge in [-0.05, 0) is 49.2 Å². The van der Waals surface area contributed by atoms with E-state index in [0.717, 1.165) is 35.8 Å². The first-order chi connectivity index (χ1) is 9.75. The summed E-state index contributed by atoms with van der Waals surface area (Å²) >= 11 is 0. The van der Waals surface area contributed by atoms with Gasteiger partial charge in [0.1, 0.15) is 0 Å². The number of carbonyl (C=O) groups is 1. The maximum Gasteiger partial charge on any atom is 0.252 e. The highest BCUT2D eigenvalue weighted by molar-refractivity contribution is 6.07. The highest BCUT2D eigenvalue weighted by Gasteiger charge is 2.23. The van der Waals surface area contributed by atoms with E-state index < -0.39 is 0 Å². The van der Waals surface area contributed by atoms with Gasteiger partial charge in [-0.25, -0.2) is 0 Å². The number of nitrogens with one attached hydrogen (secondary N) is 2. The molecule has 0 bridgehead atoms. The van der Waals surface area contributed by atoms with Crippen molar-refractivity contribution in [3.63, 3.8) is 0 Å². The Hall–Kier alpha value is -1.87. The van der Waals surface area contributed by atoms with Gasteiger partial charge in [-0.15, -0.1) is 0 Å². The normalized spacial score (nSPS) is 19.9. The number of amides is 1. The van der Waals surface area contributed by atoms with Crippen molar-refractivity contribution in [2.75, 3.05) is 13.1 Å². The second-order valence-electron chi connectivity index (χ2n) is 5.54. The SMILES string of the molecule is CC(NC(=O)c1cccc2ccccc12)C1CCNC1. The number of carbonyl (C=O) groups excluding carboxylic acids is 1. The molecule has 0 radical (unpaired) electrons. The molecule has 1 aliphatic rings. The van der Waals surface area contributed by atoms with E-state index >= 15 is 0 Å². The van der Waals surface area contributed by atoms with Crippen molar-refractivity contribution < 1.29 is 4.79 Å². The van der Waals surface area contributed by atoms with E-state index in [0.29, 0.717) is 5.92 Å². The summed E-state index contributed by atoms with van der Waals surface area (Å²) in [5.74, 6) is 0.565. The molecule has 2 atom stereocenters. The van der Waals surface area contributed by atoms with Gasteiger partial charge in [-0.1, -0.05) is 36.4 Å². The molecule has 0 aliphatic carbocycles. The van der Waals surface area contributed by atoms with Crippen LogP contribution in [0.3, 0.4) is 0 Å². The van der Waals surface area contributed by atoms with Crippen molar-refractivity contribution in [2.24, 2.45) is 5.92 Å². The van der Waals surface area contributed by atoms with Gasteiger partial charge >= 0.3 is 0 Å². The Balaban J connectivity index is 1.81. The first-order valence-corrected chi connectivity index (χ1v) is 7.25. The zero-order valence-corrected chi connectivity index (χ0v) is 11.7. The molecule has 1 saturated heterocycles. The van der Waals surface area contributed by atoms with Crippen LogP contribution in [0.2, 0.25) is 0 Å². The van der Waals surface area contributed by atoms with Crippen LogP contribution < -0.4 is 10.6 Å². The van der Waals surface area contributed by atoms with E-state index in [4.69, 9.17) is 0 Å². The van der Waals surface area contributed by atoms with Gasteiger partial charge in [0.2, 0.25) is 0 Å². The molecule has 1 fully saturated rings. The van der Waals surface area contributed by atoms with E-state index in [9.17, 15) is 4.79 Å². The lowest BCUT2D eigenvalue weighted by Crippen LogP contribution is -2.39. The predicted octanol–water partition coefficient (Wildman–Crippen LogP) is 2.57. The molecule has 0 spiro atoms. The molecule has 1 heterocycles. The molecule has 3 rings (SSSR count). The van der Waals surface area contributed by atoms with Crippen LogP contribution in [0.25, 0.3) is 10.8 Å². The topological polar surface area (TPSA) is 41.1 Å². The van der Waals surface area contributed by atoms with Crippen LogP contribution in [0.15, 0.2) is 42.5 Å². The Labute approximate surface area is 119 Å². The Morgan fingerprint density at radius 1 is 1.25 bits per heavy atom. The molecule has 3 heteroatoms. The molecule has 3 nitrogen and oxygen atoms in total. The summed E-state index contributed by atoms with van der Waals surface area (Å²) < 4.78 is 0. The molecule has 0 saturated carbocycles.